The third-order valence-corrected chi connectivity index (χ3v) is 2.14. The number of amides is 1. The van der Waals surface area contributed by atoms with Crippen LogP contribution in [-0.4, -0.2) is 15.5 Å². The maximum atomic E-state index is 10.9. The van der Waals surface area contributed by atoms with Crippen molar-refractivity contribution in [1.29, 1.82) is 0 Å². The summed E-state index contributed by atoms with van der Waals surface area (Å²) < 4.78 is 1.92. The highest BCUT2D eigenvalue weighted by Crippen LogP contribution is 2.08. The van der Waals surface area contributed by atoms with Crippen molar-refractivity contribution >= 4 is 18.1 Å². The molecular formula is C8H11N3O2S. The van der Waals surface area contributed by atoms with Crippen LogP contribution in [0.3, 0.4) is 0 Å². The summed E-state index contributed by atoms with van der Waals surface area (Å²) in [5.74, 6) is -0.398. The number of hydrogen-bond acceptors (Lipinski definition) is 3. The van der Waals surface area contributed by atoms with E-state index in [1.807, 2.05) is 0 Å². The molecule has 1 atom stereocenters. The molecule has 0 aliphatic carbocycles. The van der Waals surface area contributed by atoms with Gasteiger partial charge in [-0.3, -0.25) is 14.6 Å². The van der Waals surface area contributed by atoms with Gasteiger partial charge in [0.05, 0.1) is 0 Å². The maximum absolute atomic E-state index is 10.9. The molecule has 76 valence electrons. The SMILES string of the molecule is CC(CC(N)=O)n1ccc(=O)[nH]c1=S. The number of primary amides is 1. The molecule has 0 saturated heterocycles. The van der Waals surface area contributed by atoms with Crippen LogP contribution in [0, 0.1) is 4.77 Å². The van der Waals surface area contributed by atoms with E-state index < -0.39 is 5.91 Å². The Labute approximate surface area is 85.6 Å². The first-order chi connectivity index (χ1) is 6.50. The smallest absolute Gasteiger partial charge is 0.251 e. The molecule has 3 N–H and O–H groups in total. The molecule has 1 rings (SSSR count). The van der Waals surface area contributed by atoms with Crippen LogP contribution in [0.15, 0.2) is 17.1 Å². The first-order valence-corrected chi connectivity index (χ1v) is 4.51. The third kappa shape index (κ3) is 2.53. The minimum absolute atomic E-state index is 0.142. The largest absolute Gasteiger partial charge is 0.370 e. The van der Waals surface area contributed by atoms with Crippen LogP contribution in [-0.2, 0) is 4.79 Å². The van der Waals surface area contributed by atoms with Crippen LogP contribution in [0.2, 0.25) is 0 Å². The molecule has 5 nitrogen and oxygen atoms in total. The van der Waals surface area contributed by atoms with Crippen LogP contribution >= 0.6 is 12.2 Å². The molecule has 0 radical (unpaired) electrons. The zero-order valence-electron chi connectivity index (χ0n) is 7.69. The van der Waals surface area contributed by atoms with E-state index in [1.165, 1.54) is 6.07 Å². The number of nitrogens with one attached hydrogen (secondary N) is 1. The second kappa shape index (κ2) is 4.19. The molecule has 1 aromatic rings. The number of nitrogens with two attached hydrogens (primary N) is 1. The van der Waals surface area contributed by atoms with Crippen molar-refractivity contribution in [3.8, 4) is 0 Å². The molecule has 0 spiro atoms. The number of carbonyl (C=O) groups excluding carboxylic acids is 1. The van der Waals surface area contributed by atoms with Crippen molar-refractivity contribution in [2.45, 2.75) is 19.4 Å². The van der Waals surface area contributed by atoms with Crippen molar-refractivity contribution < 1.29 is 4.79 Å². The highest BCUT2D eigenvalue weighted by Gasteiger charge is 2.07. The van der Waals surface area contributed by atoms with E-state index in [9.17, 15) is 9.59 Å². The molecule has 14 heavy (non-hydrogen) atoms. The number of nitrogens with zero attached hydrogens (tertiary/aromatic N) is 1. The Morgan fingerprint density at radius 3 is 2.93 bits per heavy atom. The van der Waals surface area contributed by atoms with Gasteiger partial charge in [-0.05, 0) is 19.1 Å². The third-order valence-electron chi connectivity index (χ3n) is 1.82. The van der Waals surface area contributed by atoms with E-state index in [0.29, 0.717) is 4.77 Å². The predicted octanol–water partition coefficient (Wildman–Crippen LogP) is 0.342. The lowest BCUT2D eigenvalue weighted by molar-refractivity contribution is -0.118. The minimum atomic E-state index is -0.398. The van der Waals surface area contributed by atoms with Crippen LogP contribution in [0.4, 0.5) is 0 Å². The molecular weight excluding hydrogens is 202 g/mol. The van der Waals surface area contributed by atoms with Gasteiger partial charge in [-0.15, -0.1) is 0 Å². The fraction of sp³-hybridized carbons (Fsp3) is 0.375. The van der Waals surface area contributed by atoms with Gasteiger partial charge in [0.15, 0.2) is 4.77 Å². The van der Waals surface area contributed by atoms with Crippen molar-refractivity contribution in [2.75, 3.05) is 0 Å². The lowest BCUT2D eigenvalue weighted by Gasteiger charge is -2.13. The van der Waals surface area contributed by atoms with Gasteiger partial charge >= 0.3 is 0 Å². The van der Waals surface area contributed by atoms with Gasteiger partial charge < -0.3 is 10.3 Å². The molecule has 0 fully saturated rings. The summed E-state index contributed by atoms with van der Waals surface area (Å²) in [6.45, 7) is 1.80. The van der Waals surface area contributed by atoms with Gasteiger partial charge in [-0.25, -0.2) is 0 Å². The number of H-pyrrole nitrogens is 1. The molecule has 0 bridgehead atoms. The average molecular weight is 213 g/mol. The van der Waals surface area contributed by atoms with Gasteiger partial charge in [-0.2, -0.15) is 0 Å². The molecule has 1 amide bonds. The number of aromatic nitrogens is 2. The van der Waals surface area contributed by atoms with Crippen LogP contribution < -0.4 is 11.3 Å². The lowest BCUT2D eigenvalue weighted by Crippen LogP contribution is -2.20. The van der Waals surface area contributed by atoms with Crippen LogP contribution in [0.1, 0.15) is 19.4 Å². The Morgan fingerprint density at radius 1 is 1.79 bits per heavy atom. The van der Waals surface area contributed by atoms with Gasteiger partial charge in [0.1, 0.15) is 0 Å². The van der Waals surface area contributed by atoms with E-state index >= 15 is 0 Å². The number of rotatable bonds is 3. The topological polar surface area (TPSA) is 80.9 Å². The minimum Gasteiger partial charge on any atom is -0.370 e. The zero-order chi connectivity index (χ0) is 10.7. The highest BCUT2D eigenvalue weighted by molar-refractivity contribution is 7.71. The summed E-state index contributed by atoms with van der Waals surface area (Å²) in [6, 6.07) is 1.21. The molecule has 1 aromatic heterocycles. The Balaban J connectivity index is 3.02. The Morgan fingerprint density at radius 2 is 2.43 bits per heavy atom. The lowest BCUT2D eigenvalue weighted by atomic mass is 10.2. The number of aromatic amines is 1. The quantitative estimate of drug-likeness (QED) is 0.710. The standard InChI is InChI=1S/C8H11N3O2S/c1-5(4-6(9)12)11-3-2-7(13)10-8(11)14/h2-3,5H,4H2,1H3,(H2,9,12)(H,10,13,14). The van der Waals surface area contributed by atoms with E-state index in [0.717, 1.165) is 0 Å². The highest BCUT2D eigenvalue weighted by atomic mass is 32.1. The fourth-order valence-corrected chi connectivity index (χ4v) is 1.51. The second-order valence-corrected chi connectivity index (χ2v) is 3.42. The van der Waals surface area contributed by atoms with E-state index in [-0.39, 0.29) is 18.0 Å². The molecule has 0 aliphatic rings. The van der Waals surface area contributed by atoms with E-state index in [2.05, 4.69) is 4.98 Å². The van der Waals surface area contributed by atoms with Gasteiger partial charge in [-0.1, -0.05) is 0 Å². The van der Waals surface area contributed by atoms with Crippen molar-refractivity contribution in [3.05, 3.63) is 27.4 Å². The van der Waals surface area contributed by atoms with Crippen molar-refractivity contribution in [3.63, 3.8) is 0 Å². The monoisotopic (exact) mass is 213 g/mol. The second-order valence-electron chi connectivity index (χ2n) is 3.04. The zero-order valence-corrected chi connectivity index (χ0v) is 8.50. The number of hydrogen-bond donors (Lipinski definition) is 2. The van der Waals surface area contributed by atoms with Crippen molar-refractivity contribution in [1.82, 2.24) is 9.55 Å². The summed E-state index contributed by atoms with van der Waals surface area (Å²) >= 11 is 4.92. The van der Waals surface area contributed by atoms with Crippen LogP contribution in [0.5, 0.6) is 0 Å². The van der Waals surface area contributed by atoms with E-state index in [1.54, 1.807) is 17.7 Å². The van der Waals surface area contributed by atoms with E-state index in [4.69, 9.17) is 18.0 Å². The van der Waals surface area contributed by atoms with Crippen molar-refractivity contribution in [2.24, 2.45) is 5.73 Å². The molecule has 0 saturated carbocycles. The summed E-state index contributed by atoms with van der Waals surface area (Å²) in [5.41, 5.74) is 4.80. The molecule has 1 unspecified atom stereocenters. The molecule has 0 aliphatic heterocycles. The Kier molecular flexibility index (Phi) is 3.19. The van der Waals surface area contributed by atoms with Gasteiger partial charge in [0.2, 0.25) is 5.91 Å². The summed E-state index contributed by atoms with van der Waals surface area (Å²) in [4.78, 5) is 24.0. The van der Waals surface area contributed by atoms with Crippen LogP contribution in [0.25, 0.3) is 0 Å². The summed E-state index contributed by atoms with van der Waals surface area (Å²) in [7, 11) is 0. The Hall–Kier alpha value is -1.43. The van der Waals surface area contributed by atoms with Gasteiger partial charge in [0, 0.05) is 24.7 Å². The molecule has 0 aromatic carbocycles. The Bertz CT molecular complexity index is 448. The molecule has 6 heteroatoms. The number of carbonyl (C=O) groups is 1. The summed E-state index contributed by atoms with van der Waals surface area (Å²) in [6.07, 6.45) is 1.75. The average Bonchev–Trinajstić information content (AvgIpc) is 2.01. The predicted molar refractivity (Wildman–Crippen MR) is 54.4 cm³/mol. The first kappa shape index (κ1) is 10.6. The normalized spacial score (nSPS) is 12.4. The molecule has 1 heterocycles. The summed E-state index contributed by atoms with van der Waals surface area (Å²) in [5, 5.41) is 0. The first-order valence-electron chi connectivity index (χ1n) is 4.10. The fourth-order valence-electron chi connectivity index (χ4n) is 1.16. The van der Waals surface area contributed by atoms with Gasteiger partial charge in [0.25, 0.3) is 5.56 Å². The maximum Gasteiger partial charge on any atom is 0.251 e.